The molecule has 0 aliphatic carbocycles. The number of ether oxygens (including phenoxy) is 1. The molecular formula is C14H15N3O2. The van der Waals surface area contributed by atoms with E-state index in [2.05, 4.69) is 10.1 Å². The van der Waals surface area contributed by atoms with Gasteiger partial charge in [-0.1, -0.05) is 23.4 Å². The number of para-hydroxylation sites is 1. The van der Waals surface area contributed by atoms with Crippen LogP contribution in [-0.2, 0) is 6.61 Å². The second-order valence-electron chi connectivity index (χ2n) is 4.09. The minimum atomic E-state index is -0.0160. The van der Waals surface area contributed by atoms with Crippen LogP contribution < -0.4 is 10.5 Å². The van der Waals surface area contributed by atoms with Gasteiger partial charge in [-0.2, -0.15) is 0 Å². The zero-order valence-electron chi connectivity index (χ0n) is 10.6. The molecule has 0 aliphatic heterocycles. The normalized spacial score (nSPS) is 11.3. The fourth-order valence-corrected chi connectivity index (χ4v) is 1.63. The SMILES string of the molecule is Cc1ccccc1OCc1ccnc(C(N)=NO)c1. The summed E-state index contributed by atoms with van der Waals surface area (Å²) < 4.78 is 5.72. The number of benzene rings is 1. The summed E-state index contributed by atoms with van der Waals surface area (Å²) in [6.07, 6.45) is 1.60. The Labute approximate surface area is 111 Å². The van der Waals surface area contributed by atoms with Crippen molar-refractivity contribution in [2.45, 2.75) is 13.5 Å². The standard InChI is InChI=1S/C14H15N3O2/c1-10-4-2-3-5-13(10)19-9-11-6-7-16-12(8-11)14(15)17-18/h2-8,18H,9H2,1H3,(H2,15,17). The van der Waals surface area contributed by atoms with Crippen molar-refractivity contribution >= 4 is 5.84 Å². The molecule has 3 N–H and O–H groups in total. The highest BCUT2D eigenvalue weighted by atomic mass is 16.5. The summed E-state index contributed by atoms with van der Waals surface area (Å²) >= 11 is 0. The number of hydrogen-bond acceptors (Lipinski definition) is 4. The number of nitrogens with two attached hydrogens (primary N) is 1. The summed E-state index contributed by atoms with van der Waals surface area (Å²) in [6, 6.07) is 11.4. The average Bonchev–Trinajstić information content (AvgIpc) is 2.46. The molecule has 0 saturated heterocycles. The van der Waals surface area contributed by atoms with Crippen molar-refractivity contribution in [3.63, 3.8) is 0 Å². The molecule has 1 heterocycles. The lowest BCUT2D eigenvalue weighted by Crippen LogP contribution is -2.15. The third-order valence-electron chi connectivity index (χ3n) is 2.68. The third kappa shape index (κ3) is 3.22. The maximum Gasteiger partial charge on any atom is 0.188 e. The van der Waals surface area contributed by atoms with Gasteiger partial charge in [0.1, 0.15) is 18.1 Å². The highest BCUT2D eigenvalue weighted by Gasteiger charge is 2.04. The number of nitrogens with zero attached hydrogens (tertiary/aromatic N) is 2. The molecular weight excluding hydrogens is 242 g/mol. The molecule has 5 heteroatoms. The molecule has 0 amide bonds. The van der Waals surface area contributed by atoms with Gasteiger partial charge in [-0.3, -0.25) is 4.98 Å². The van der Waals surface area contributed by atoms with Crippen LogP contribution in [0.4, 0.5) is 0 Å². The van der Waals surface area contributed by atoms with Crippen LogP contribution in [-0.4, -0.2) is 16.0 Å². The van der Waals surface area contributed by atoms with E-state index < -0.39 is 0 Å². The highest BCUT2D eigenvalue weighted by molar-refractivity contribution is 5.95. The number of amidine groups is 1. The molecule has 1 aromatic heterocycles. The maximum absolute atomic E-state index is 8.62. The largest absolute Gasteiger partial charge is 0.489 e. The lowest BCUT2D eigenvalue weighted by Gasteiger charge is -2.09. The molecule has 0 spiro atoms. The van der Waals surface area contributed by atoms with Crippen LogP contribution in [0.5, 0.6) is 5.75 Å². The van der Waals surface area contributed by atoms with Crippen molar-refractivity contribution < 1.29 is 9.94 Å². The smallest absolute Gasteiger partial charge is 0.188 e. The van der Waals surface area contributed by atoms with Crippen molar-refractivity contribution in [3.8, 4) is 5.75 Å². The molecule has 0 aliphatic rings. The second kappa shape index (κ2) is 5.86. The molecule has 0 bridgehead atoms. The Hall–Kier alpha value is -2.56. The summed E-state index contributed by atoms with van der Waals surface area (Å²) in [6.45, 7) is 2.39. The van der Waals surface area contributed by atoms with E-state index in [1.807, 2.05) is 37.3 Å². The second-order valence-corrected chi connectivity index (χ2v) is 4.09. The van der Waals surface area contributed by atoms with Gasteiger partial charge in [-0.25, -0.2) is 0 Å². The van der Waals surface area contributed by atoms with Crippen LogP contribution in [0, 0.1) is 6.92 Å². The lowest BCUT2D eigenvalue weighted by atomic mass is 10.2. The topological polar surface area (TPSA) is 80.7 Å². The van der Waals surface area contributed by atoms with Gasteiger partial charge in [-0.15, -0.1) is 0 Å². The minimum absolute atomic E-state index is 0.0160. The first-order chi connectivity index (χ1) is 9.20. The van der Waals surface area contributed by atoms with E-state index in [-0.39, 0.29) is 5.84 Å². The molecule has 98 valence electrons. The Morgan fingerprint density at radius 1 is 1.37 bits per heavy atom. The van der Waals surface area contributed by atoms with Gasteiger partial charge in [0.15, 0.2) is 5.84 Å². The van der Waals surface area contributed by atoms with Crippen LogP contribution in [0.3, 0.4) is 0 Å². The van der Waals surface area contributed by atoms with Gasteiger partial charge in [0.2, 0.25) is 0 Å². The van der Waals surface area contributed by atoms with E-state index in [0.717, 1.165) is 16.9 Å². The van der Waals surface area contributed by atoms with Crippen molar-refractivity contribution in [3.05, 3.63) is 59.4 Å². The Balaban J connectivity index is 2.10. The first-order valence-corrected chi connectivity index (χ1v) is 5.82. The zero-order valence-corrected chi connectivity index (χ0v) is 10.6. The molecule has 0 fully saturated rings. The minimum Gasteiger partial charge on any atom is -0.489 e. The maximum atomic E-state index is 8.62. The predicted octanol–water partition coefficient (Wildman–Crippen LogP) is 2.06. The van der Waals surface area contributed by atoms with Gasteiger partial charge in [0, 0.05) is 6.20 Å². The Bertz CT molecular complexity index is 597. The van der Waals surface area contributed by atoms with Crippen LogP contribution in [0.1, 0.15) is 16.8 Å². The van der Waals surface area contributed by atoms with Crippen LogP contribution >= 0.6 is 0 Å². The van der Waals surface area contributed by atoms with Crippen molar-refractivity contribution in [2.75, 3.05) is 0 Å². The fraction of sp³-hybridized carbons (Fsp3) is 0.143. The highest BCUT2D eigenvalue weighted by Crippen LogP contribution is 2.17. The van der Waals surface area contributed by atoms with Crippen molar-refractivity contribution in [2.24, 2.45) is 10.9 Å². The zero-order chi connectivity index (χ0) is 13.7. The number of hydrogen-bond donors (Lipinski definition) is 2. The van der Waals surface area contributed by atoms with Gasteiger partial charge in [-0.05, 0) is 36.2 Å². The van der Waals surface area contributed by atoms with Gasteiger partial charge in [0.05, 0.1) is 0 Å². The van der Waals surface area contributed by atoms with E-state index >= 15 is 0 Å². The Morgan fingerprint density at radius 2 is 2.16 bits per heavy atom. The summed E-state index contributed by atoms with van der Waals surface area (Å²) in [5.74, 6) is 0.822. The van der Waals surface area contributed by atoms with Gasteiger partial charge in [0.25, 0.3) is 0 Å². The number of rotatable bonds is 4. The summed E-state index contributed by atoms with van der Waals surface area (Å²) in [5.41, 5.74) is 7.90. The molecule has 2 rings (SSSR count). The number of oxime groups is 1. The Morgan fingerprint density at radius 3 is 2.89 bits per heavy atom. The molecule has 19 heavy (non-hydrogen) atoms. The lowest BCUT2D eigenvalue weighted by molar-refractivity contribution is 0.304. The molecule has 0 saturated carbocycles. The monoisotopic (exact) mass is 257 g/mol. The molecule has 0 atom stereocenters. The number of aryl methyl sites for hydroxylation is 1. The summed E-state index contributed by atoms with van der Waals surface area (Å²) in [7, 11) is 0. The fourth-order valence-electron chi connectivity index (χ4n) is 1.63. The van der Waals surface area contributed by atoms with E-state index in [1.165, 1.54) is 0 Å². The molecule has 5 nitrogen and oxygen atoms in total. The summed E-state index contributed by atoms with van der Waals surface area (Å²) in [5, 5.41) is 11.5. The van der Waals surface area contributed by atoms with Crippen molar-refractivity contribution in [1.29, 1.82) is 0 Å². The van der Waals surface area contributed by atoms with Gasteiger partial charge < -0.3 is 15.7 Å². The van der Waals surface area contributed by atoms with E-state index in [1.54, 1.807) is 12.3 Å². The van der Waals surface area contributed by atoms with E-state index in [0.29, 0.717) is 12.3 Å². The summed E-state index contributed by atoms with van der Waals surface area (Å²) in [4.78, 5) is 4.01. The molecule has 0 radical (unpaired) electrons. The van der Waals surface area contributed by atoms with Crippen LogP contribution in [0.2, 0.25) is 0 Å². The first-order valence-electron chi connectivity index (χ1n) is 5.82. The predicted molar refractivity (Wildman–Crippen MR) is 72.3 cm³/mol. The van der Waals surface area contributed by atoms with E-state index in [4.69, 9.17) is 15.7 Å². The molecule has 0 unspecified atom stereocenters. The Kier molecular flexibility index (Phi) is 3.97. The number of aromatic nitrogens is 1. The quantitative estimate of drug-likeness (QED) is 0.380. The van der Waals surface area contributed by atoms with Crippen LogP contribution in [0.15, 0.2) is 47.8 Å². The third-order valence-corrected chi connectivity index (χ3v) is 2.68. The van der Waals surface area contributed by atoms with Crippen molar-refractivity contribution in [1.82, 2.24) is 4.98 Å². The molecule has 2 aromatic rings. The van der Waals surface area contributed by atoms with Crippen LogP contribution in [0.25, 0.3) is 0 Å². The molecule has 1 aromatic carbocycles. The van der Waals surface area contributed by atoms with Gasteiger partial charge >= 0.3 is 0 Å². The average molecular weight is 257 g/mol. The first kappa shape index (κ1) is 12.9. The van der Waals surface area contributed by atoms with E-state index in [9.17, 15) is 0 Å². The number of pyridine rings is 1.